The third kappa shape index (κ3) is 4.26. The van der Waals surface area contributed by atoms with Crippen LogP contribution in [0.5, 0.6) is 0 Å². The molecule has 0 amide bonds. The fraction of sp³-hybridized carbons (Fsp3) is 0.312. The summed E-state index contributed by atoms with van der Waals surface area (Å²) in [6.07, 6.45) is 1.54. The Kier molecular flexibility index (Phi) is 5.43. The Bertz CT molecular complexity index is 646. The Labute approximate surface area is 129 Å². The van der Waals surface area contributed by atoms with Gasteiger partial charge in [0, 0.05) is 25.4 Å². The third-order valence-electron chi connectivity index (χ3n) is 3.43. The minimum atomic E-state index is -0.429. The molecule has 0 aliphatic heterocycles. The Hall–Kier alpha value is -2.47. The molecule has 1 aromatic carbocycles. The second-order valence-electron chi connectivity index (χ2n) is 5.13. The van der Waals surface area contributed by atoms with Crippen molar-refractivity contribution >= 4 is 11.5 Å². The van der Waals surface area contributed by atoms with Crippen LogP contribution in [0.4, 0.5) is 11.5 Å². The summed E-state index contributed by atoms with van der Waals surface area (Å²) >= 11 is 0. The number of hydrogen-bond donors (Lipinski definition) is 1. The predicted molar refractivity (Wildman–Crippen MR) is 86.7 cm³/mol. The van der Waals surface area contributed by atoms with Gasteiger partial charge in [-0.3, -0.25) is 10.1 Å². The average molecular weight is 300 g/mol. The summed E-state index contributed by atoms with van der Waals surface area (Å²) in [5, 5.41) is 14.0. The highest BCUT2D eigenvalue weighted by atomic mass is 16.6. The third-order valence-corrected chi connectivity index (χ3v) is 3.43. The zero-order valence-electron chi connectivity index (χ0n) is 12.8. The van der Waals surface area contributed by atoms with E-state index in [0.717, 1.165) is 18.7 Å². The van der Waals surface area contributed by atoms with Gasteiger partial charge in [0.1, 0.15) is 0 Å². The van der Waals surface area contributed by atoms with Crippen LogP contribution in [0.1, 0.15) is 18.1 Å². The number of rotatable bonds is 7. The van der Waals surface area contributed by atoms with Gasteiger partial charge in [0.05, 0.1) is 4.92 Å². The first-order chi connectivity index (χ1) is 10.6. The molecule has 0 aliphatic rings. The van der Waals surface area contributed by atoms with Gasteiger partial charge in [-0.2, -0.15) is 0 Å². The Morgan fingerprint density at radius 3 is 2.77 bits per heavy atom. The normalized spacial score (nSPS) is 10.7. The number of hydrogen-bond acceptors (Lipinski definition) is 5. The number of benzene rings is 1. The maximum Gasteiger partial charge on any atom is 0.311 e. The number of anilines is 1. The van der Waals surface area contributed by atoms with Gasteiger partial charge in [-0.1, -0.05) is 31.2 Å². The van der Waals surface area contributed by atoms with Crippen LogP contribution in [-0.2, 0) is 13.1 Å². The topological polar surface area (TPSA) is 71.3 Å². The SMILES string of the molecule is CCN(C)Cc1cccc(CNc2ncccc2[N+](=O)[O-])c1. The van der Waals surface area contributed by atoms with E-state index in [4.69, 9.17) is 0 Å². The summed E-state index contributed by atoms with van der Waals surface area (Å²) in [7, 11) is 2.07. The van der Waals surface area contributed by atoms with Crippen LogP contribution < -0.4 is 5.32 Å². The van der Waals surface area contributed by atoms with Gasteiger partial charge >= 0.3 is 5.69 Å². The van der Waals surface area contributed by atoms with Crippen molar-refractivity contribution in [3.8, 4) is 0 Å². The molecule has 6 heteroatoms. The van der Waals surface area contributed by atoms with Gasteiger partial charge in [0.15, 0.2) is 0 Å². The number of nitrogens with zero attached hydrogens (tertiary/aromatic N) is 3. The van der Waals surface area contributed by atoms with Crippen molar-refractivity contribution in [2.45, 2.75) is 20.0 Å². The molecule has 0 bridgehead atoms. The molecule has 116 valence electrons. The molecule has 22 heavy (non-hydrogen) atoms. The van der Waals surface area contributed by atoms with Gasteiger partial charge in [-0.15, -0.1) is 0 Å². The van der Waals surface area contributed by atoms with Gasteiger partial charge in [-0.25, -0.2) is 4.98 Å². The lowest BCUT2D eigenvalue weighted by atomic mass is 10.1. The van der Waals surface area contributed by atoms with E-state index in [0.29, 0.717) is 12.4 Å². The monoisotopic (exact) mass is 300 g/mol. The summed E-state index contributed by atoms with van der Waals surface area (Å²) in [6, 6.07) is 11.2. The predicted octanol–water partition coefficient (Wildman–Crippen LogP) is 3.05. The van der Waals surface area contributed by atoms with Crippen LogP contribution in [0.3, 0.4) is 0 Å². The fourth-order valence-corrected chi connectivity index (χ4v) is 2.13. The van der Waals surface area contributed by atoms with Gasteiger partial charge in [0.25, 0.3) is 0 Å². The number of pyridine rings is 1. The van der Waals surface area contributed by atoms with Gasteiger partial charge in [-0.05, 0) is 30.8 Å². The van der Waals surface area contributed by atoms with E-state index in [9.17, 15) is 10.1 Å². The molecule has 0 fully saturated rings. The largest absolute Gasteiger partial charge is 0.360 e. The van der Waals surface area contributed by atoms with E-state index < -0.39 is 4.92 Å². The summed E-state index contributed by atoms with van der Waals surface area (Å²) < 4.78 is 0. The molecule has 1 N–H and O–H groups in total. The van der Waals surface area contributed by atoms with E-state index in [2.05, 4.69) is 41.3 Å². The van der Waals surface area contributed by atoms with Crippen molar-refractivity contribution in [3.63, 3.8) is 0 Å². The molecule has 0 unspecified atom stereocenters. The van der Waals surface area contributed by atoms with Crippen molar-refractivity contribution in [3.05, 3.63) is 63.8 Å². The maximum atomic E-state index is 11.0. The first-order valence-corrected chi connectivity index (χ1v) is 7.19. The second-order valence-corrected chi connectivity index (χ2v) is 5.13. The van der Waals surface area contributed by atoms with Gasteiger partial charge in [0.2, 0.25) is 5.82 Å². The Morgan fingerprint density at radius 2 is 2.05 bits per heavy atom. The Balaban J connectivity index is 2.06. The van der Waals surface area contributed by atoms with E-state index in [1.807, 2.05) is 12.1 Å². The zero-order valence-corrected chi connectivity index (χ0v) is 12.8. The highest BCUT2D eigenvalue weighted by Crippen LogP contribution is 2.21. The lowest BCUT2D eigenvalue weighted by molar-refractivity contribution is -0.384. The Morgan fingerprint density at radius 1 is 1.27 bits per heavy atom. The molecule has 0 atom stereocenters. The van der Waals surface area contributed by atoms with Crippen LogP contribution in [-0.4, -0.2) is 28.4 Å². The highest BCUT2D eigenvalue weighted by Gasteiger charge is 2.13. The molecule has 0 aliphatic carbocycles. The first kappa shape index (κ1) is 15.9. The van der Waals surface area contributed by atoms with E-state index in [-0.39, 0.29) is 5.69 Å². The zero-order chi connectivity index (χ0) is 15.9. The van der Waals surface area contributed by atoms with E-state index in [1.54, 1.807) is 12.3 Å². The number of nitrogens with one attached hydrogen (secondary N) is 1. The summed E-state index contributed by atoms with van der Waals surface area (Å²) in [5.41, 5.74) is 2.28. The molecule has 2 aromatic rings. The molecule has 0 saturated heterocycles. The molecular weight excluding hydrogens is 280 g/mol. The number of nitro groups is 1. The van der Waals surface area contributed by atoms with Crippen molar-refractivity contribution < 1.29 is 4.92 Å². The van der Waals surface area contributed by atoms with Crippen LogP contribution in [0, 0.1) is 10.1 Å². The molecule has 1 heterocycles. The minimum Gasteiger partial charge on any atom is -0.360 e. The molecule has 6 nitrogen and oxygen atoms in total. The molecule has 2 rings (SSSR count). The quantitative estimate of drug-likeness (QED) is 0.628. The maximum absolute atomic E-state index is 11.0. The summed E-state index contributed by atoms with van der Waals surface area (Å²) in [5.74, 6) is 0.295. The van der Waals surface area contributed by atoms with Crippen LogP contribution in [0.15, 0.2) is 42.6 Å². The van der Waals surface area contributed by atoms with Crippen molar-refractivity contribution in [1.82, 2.24) is 9.88 Å². The summed E-state index contributed by atoms with van der Waals surface area (Å²) in [6.45, 7) is 4.49. The van der Waals surface area contributed by atoms with Crippen LogP contribution in [0.2, 0.25) is 0 Å². The van der Waals surface area contributed by atoms with E-state index >= 15 is 0 Å². The van der Waals surface area contributed by atoms with Crippen LogP contribution >= 0.6 is 0 Å². The smallest absolute Gasteiger partial charge is 0.311 e. The second kappa shape index (κ2) is 7.51. The molecule has 0 radical (unpaired) electrons. The highest BCUT2D eigenvalue weighted by molar-refractivity contribution is 5.55. The van der Waals surface area contributed by atoms with Crippen molar-refractivity contribution in [2.24, 2.45) is 0 Å². The van der Waals surface area contributed by atoms with Crippen molar-refractivity contribution in [1.29, 1.82) is 0 Å². The fourth-order valence-electron chi connectivity index (χ4n) is 2.13. The lowest BCUT2D eigenvalue weighted by Crippen LogP contribution is -2.16. The number of aromatic nitrogens is 1. The first-order valence-electron chi connectivity index (χ1n) is 7.19. The molecule has 0 saturated carbocycles. The van der Waals surface area contributed by atoms with Crippen molar-refractivity contribution in [2.75, 3.05) is 18.9 Å². The van der Waals surface area contributed by atoms with Gasteiger partial charge < -0.3 is 10.2 Å². The molecular formula is C16H20N4O2. The average Bonchev–Trinajstić information content (AvgIpc) is 2.53. The molecule has 0 spiro atoms. The van der Waals surface area contributed by atoms with E-state index in [1.165, 1.54) is 11.6 Å². The standard InChI is InChI=1S/C16H20N4O2/c1-3-19(2)12-14-7-4-6-13(10-14)11-18-16-15(20(21)22)8-5-9-17-16/h4-10H,3,11-12H2,1-2H3,(H,17,18). The summed E-state index contributed by atoms with van der Waals surface area (Å²) in [4.78, 5) is 16.8. The molecule has 1 aromatic heterocycles. The lowest BCUT2D eigenvalue weighted by Gasteiger charge is -2.14. The van der Waals surface area contributed by atoms with Crippen LogP contribution in [0.25, 0.3) is 0 Å². The minimum absolute atomic E-state index is 0.00984.